The number of aromatic hydroxyl groups is 1. The molecular formula is C15H14N6O3. The summed E-state index contributed by atoms with van der Waals surface area (Å²) in [4.78, 5) is 34.1. The predicted octanol–water partition coefficient (Wildman–Crippen LogP) is 0.662. The van der Waals surface area contributed by atoms with Crippen LogP contribution in [0, 0.1) is 0 Å². The zero-order valence-electron chi connectivity index (χ0n) is 12.7. The van der Waals surface area contributed by atoms with Gasteiger partial charge in [-0.2, -0.15) is 10.1 Å². The average molecular weight is 326 g/mol. The van der Waals surface area contributed by atoms with Crippen LogP contribution in [0.2, 0.25) is 0 Å². The maximum atomic E-state index is 12.2. The van der Waals surface area contributed by atoms with Crippen molar-refractivity contribution in [3.63, 3.8) is 0 Å². The molecule has 3 N–H and O–H groups in total. The molecule has 3 rings (SSSR count). The van der Waals surface area contributed by atoms with Crippen molar-refractivity contribution in [2.45, 2.75) is 13.3 Å². The van der Waals surface area contributed by atoms with Gasteiger partial charge in [-0.05, 0) is 18.1 Å². The van der Waals surface area contributed by atoms with E-state index in [2.05, 4.69) is 25.2 Å². The summed E-state index contributed by atoms with van der Waals surface area (Å²) in [7, 11) is 0. The average Bonchev–Trinajstić information content (AvgIpc) is 3.08. The lowest BCUT2D eigenvalue weighted by atomic mass is 10.1. The first-order valence-electron chi connectivity index (χ1n) is 7.17. The van der Waals surface area contributed by atoms with Crippen molar-refractivity contribution in [3.05, 3.63) is 62.6 Å². The summed E-state index contributed by atoms with van der Waals surface area (Å²) in [6, 6.07) is 7.11. The highest BCUT2D eigenvalue weighted by atomic mass is 16.3. The highest BCUT2D eigenvalue weighted by Crippen LogP contribution is 2.19. The van der Waals surface area contributed by atoms with E-state index in [1.807, 2.05) is 19.1 Å². The van der Waals surface area contributed by atoms with E-state index in [0.717, 1.165) is 16.3 Å². The van der Waals surface area contributed by atoms with Crippen LogP contribution in [0.15, 0.2) is 45.2 Å². The Morgan fingerprint density at radius 3 is 2.83 bits per heavy atom. The van der Waals surface area contributed by atoms with Crippen LogP contribution in [-0.4, -0.2) is 36.1 Å². The van der Waals surface area contributed by atoms with E-state index in [-0.39, 0.29) is 11.5 Å². The van der Waals surface area contributed by atoms with Gasteiger partial charge in [0.2, 0.25) is 11.8 Å². The van der Waals surface area contributed by atoms with E-state index in [1.54, 1.807) is 12.1 Å². The van der Waals surface area contributed by atoms with Crippen molar-refractivity contribution in [1.29, 1.82) is 0 Å². The van der Waals surface area contributed by atoms with E-state index in [4.69, 9.17) is 0 Å². The third-order valence-corrected chi connectivity index (χ3v) is 3.45. The summed E-state index contributed by atoms with van der Waals surface area (Å²) in [5.74, 6) is -0.326. The number of aromatic nitrogens is 5. The Bertz CT molecular complexity index is 1000. The number of benzene rings is 1. The molecule has 2 heterocycles. The van der Waals surface area contributed by atoms with Crippen molar-refractivity contribution in [1.82, 2.24) is 24.7 Å². The molecule has 0 spiro atoms. The number of para-hydroxylation sites is 1. The number of aromatic amines is 2. The standard InChI is InChI=1S/C15H14N6O3/c1-2-9-5-3-4-6-11(9)21-13(23)10(12(22)19-15(21)24)7-16-14-17-8-18-20-14/h3-8,23H,2H2,1H3,(H,17,18,20)(H,19,22,24). The van der Waals surface area contributed by atoms with Crippen molar-refractivity contribution < 1.29 is 5.11 Å². The van der Waals surface area contributed by atoms with E-state index in [9.17, 15) is 14.7 Å². The van der Waals surface area contributed by atoms with Gasteiger partial charge < -0.3 is 5.11 Å². The molecule has 0 fully saturated rings. The van der Waals surface area contributed by atoms with Gasteiger partial charge in [0.25, 0.3) is 5.56 Å². The zero-order valence-corrected chi connectivity index (χ0v) is 12.7. The molecule has 0 aliphatic rings. The summed E-state index contributed by atoms with van der Waals surface area (Å²) in [5, 5.41) is 16.6. The third-order valence-electron chi connectivity index (χ3n) is 3.45. The number of hydrogen-bond donors (Lipinski definition) is 3. The SMILES string of the molecule is CCc1ccccc1-n1c(O)c(C=Nc2ncn[nH]2)c(=O)[nH]c1=O. The normalized spacial score (nSPS) is 11.2. The number of aliphatic imine (C=N–C) groups is 1. The Hall–Kier alpha value is -3.49. The molecular weight excluding hydrogens is 312 g/mol. The van der Waals surface area contributed by atoms with Crippen LogP contribution < -0.4 is 11.2 Å². The lowest BCUT2D eigenvalue weighted by Gasteiger charge is -2.12. The maximum absolute atomic E-state index is 12.2. The fraction of sp³-hybridized carbons (Fsp3) is 0.133. The number of aryl methyl sites for hydroxylation is 1. The third kappa shape index (κ3) is 2.74. The fourth-order valence-electron chi connectivity index (χ4n) is 2.29. The van der Waals surface area contributed by atoms with Gasteiger partial charge in [-0.25, -0.2) is 19.5 Å². The summed E-state index contributed by atoms with van der Waals surface area (Å²) in [6.07, 6.45) is 3.04. The predicted molar refractivity (Wildman–Crippen MR) is 87.3 cm³/mol. The number of H-pyrrole nitrogens is 2. The monoisotopic (exact) mass is 326 g/mol. The summed E-state index contributed by atoms with van der Waals surface area (Å²) in [5.41, 5.74) is -0.286. The van der Waals surface area contributed by atoms with Gasteiger partial charge in [0.05, 0.1) is 5.69 Å². The molecule has 0 amide bonds. The number of nitrogens with one attached hydrogen (secondary N) is 2. The van der Waals surface area contributed by atoms with Crippen LogP contribution in [0.1, 0.15) is 18.1 Å². The number of nitrogens with zero attached hydrogens (tertiary/aromatic N) is 4. The minimum absolute atomic E-state index is 0.156. The van der Waals surface area contributed by atoms with Crippen LogP contribution in [0.3, 0.4) is 0 Å². The van der Waals surface area contributed by atoms with Crippen LogP contribution in [0.5, 0.6) is 5.88 Å². The highest BCUT2D eigenvalue weighted by molar-refractivity contribution is 5.83. The van der Waals surface area contributed by atoms with E-state index in [1.165, 1.54) is 6.33 Å². The largest absolute Gasteiger partial charge is 0.493 e. The molecule has 1 aromatic carbocycles. The van der Waals surface area contributed by atoms with Crippen molar-refractivity contribution >= 4 is 12.2 Å². The Morgan fingerprint density at radius 1 is 1.33 bits per heavy atom. The van der Waals surface area contributed by atoms with Gasteiger partial charge in [0.1, 0.15) is 11.9 Å². The van der Waals surface area contributed by atoms with Crippen LogP contribution in [0.25, 0.3) is 5.69 Å². The lowest BCUT2D eigenvalue weighted by molar-refractivity contribution is 0.429. The molecule has 3 aromatic rings. The van der Waals surface area contributed by atoms with E-state index >= 15 is 0 Å². The Morgan fingerprint density at radius 2 is 2.12 bits per heavy atom. The summed E-state index contributed by atoms with van der Waals surface area (Å²) >= 11 is 0. The second kappa shape index (κ2) is 6.32. The first kappa shape index (κ1) is 15.4. The van der Waals surface area contributed by atoms with Crippen LogP contribution >= 0.6 is 0 Å². The van der Waals surface area contributed by atoms with E-state index < -0.39 is 17.1 Å². The Kier molecular flexibility index (Phi) is 4.06. The Labute approximate surface area is 135 Å². The van der Waals surface area contributed by atoms with Crippen LogP contribution in [-0.2, 0) is 6.42 Å². The number of hydrogen-bond acceptors (Lipinski definition) is 6. The smallest absolute Gasteiger partial charge is 0.335 e. The topological polar surface area (TPSA) is 129 Å². The molecule has 0 radical (unpaired) electrons. The molecule has 0 atom stereocenters. The fourth-order valence-corrected chi connectivity index (χ4v) is 2.29. The minimum Gasteiger partial charge on any atom is -0.493 e. The van der Waals surface area contributed by atoms with Gasteiger partial charge in [-0.3, -0.25) is 9.78 Å². The van der Waals surface area contributed by atoms with Crippen molar-refractivity contribution in [3.8, 4) is 11.6 Å². The first-order chi connectivity index (χ1) is 11.6. The maximum Gasteiger partial charge on any atom is 0.335 e. The molecule has 122 valence electrons. The second-order valence-corrected chi connectivity index (χ2v) is 4.88. The van der Waals surface area contributed by atoms with Gasteiger partial charge in [0.15, 0.2) is 0 Å². The number of rotatable bonds is 4. The molecule has 0 unspecified atom stereocenters. The highest BCUT2D eigenvalue weighted by Gasteiger charge is 2.16. The molecule has 0 aliphatic carbocycles. The molecule has 9 heteroatoms. The molecule has 0 aliphatic heterocycles. The molecule has 0 saturated carbocycles. The molecule has 2 aromatic heterocycles. The molecule has 9 nitrogen and oxygen atoms in total. The quantitative estimate of drug-likeness (QED) is 0.607. The second-order valence-electron chi connectivity index (χ2n) is 4.88. The first-order valence-corrected chi connectivity index (χ1v) is 7.17. The molecule has 24 heavy (non-hydrogen) atoms. The Balaban J connectivity index is 2.20. The van der Waals surface area contributed by atoms with Gasteiger partial charge in [-0.15, -0.1) is 0 Å². The molecule has 0 bridgehead atoms. The van der Waals surface area contributed by atoms with Gasteiger partial charge in [-0.1, -0.05) is 25.1 Å². The molecule has 0 saturated heterocycles. The van der Waals surface area contributed by atoms with Gasteiger partial charge in [0, 0.05) is 6.21 Å². The zero-order chi connectivity index (χ0) is 17.1. The minimum atomic E-state index is -0.744. The van der Waals surface area contributed by atoms with E-state index in [0.29, 0.717) is 12.1 Å². The summed E-state index contributed by atoms with van der Waals surface area (Å²) in [6.45, 7) is 1.93. The lowest BCUT2D eigenvalue weighted by Crippen LogP contribution is -2.31. The van der Waals surface area contributed by atoms with Crippen LogP contribution in [0.4, 0.5) is 5.95 Å². The van der Waals surface area contributed by atoms with Gasteiger partial charge >= 0.3 is 5.69 Å². The van der Waals surface area contributed by atoms with Crippen molar-refractivity contribution in [2.75, 3.05) is 0 Å². The summed E-state index contributed by atoms with van der Waals surface area (Å²) < 4.78 is 1.04. The van der Waals surface area contributed by atoms with Crippen molar-refractivity contribution in [2.24, 2.45) is 4.99 Å².